The van der Waals surface area contributed by atoms with Gasteiger partial charge in [0.2, 0.25) is 47.3 Å². The van der Waals surface area contributed by atoms with E-state index in [-0.39, 0.29) is 63.4 Å². The number of carbonyl (C=O) groups excluding carboxylic acids is 10. The first-order valence-corrected chi connectivity index (χ1v) is 30.2. The van der Waals surface area contributed by atoms with Gasteiger partial charge < -0.3 is 73.4 Å². The molecule has 0 bridgehead atoms. The zero-order valence-corrected chi connectivity index (χ0v) is 50.4. The highest BCUT2D eigenvalue weighted by molar-refractivity contribution is 8.00. The number of thioether (sulfide) groups is 1. The molecule has 17 N–H and O–H groups in total. The van der Waals surface area contributed by atoms with Gasteiger partial charge in [-0.15, -0.1) is 11.8 Å². The Hall–Kier alpha value is -7.29. The molecule has 0 aromatic heterocycles. The van der Waals surface area contributed by atoms with Crippen LogP contribution in [0.4, 0.5) is 0 Å². The molecule has 88 heavy (non-hydrogen) atoms. The molecule has 4 rings (SSSR count). The number of β-amino-alcohol motifs (C(OH)–C–C–N with tert-alkyl or cyclic N) is 1. The number of Topliss-reactive ketones (excluding diaryl/α,β-unsaturated/α-hetero) is 2. The molecule has 2 aliphatic rings. The number of benzene rings is 2. The second-order valence-corrected chi connectivity index (χ2v) is 23.4. The van der Waals surface area contributed by atoms with Crippen molar-refractivity contribution >= 4 is 82.5 Å². The molecule has 12 atom stereocenters. The topological polar surface area (TPSA) is 465 Å². The van der Waals surface area contributed by atoms with Crippen LogP contribution in [0.1, 0.15) is 96.1 Å². The number of imide groups is 1. The predicted molar refractivity (Wildman–Crippen MR) is 314 cm³/mol. The molecule has 2 aromatic rings. The van der Waals surface area contributed by atoms with Crippen LogP contribution in [0.25, 0.3) is 0 Å². The lowest BCUT2D eigenvalue weighted by Crippen LogP contribution is -2.65. The molecule has 8 unspecified atom stereocenters. The molecule has 0 saturated carbocycles. The average molecular weight is 1260 g/mol. The van der Waals surface area contributed by atoms with E-state index in [0.717, 1.165) is 23.6 Å². The largest absolute Gasteiger partial charge is 0.481 e. The van der Waals surface area contributed by atoms with Crippen molar-refractivity contribution in [1.82, 2.24) is 47.0 Å². The number of piperidine rings is 1. The first-order chi connectivity index (χ1) is 41.7. The molecule has 30 heteroatoms. The number of nitrogens with zero attached hydrogens (tertiary/aromatic N) is 2. The zero-order valence-electron chi connectivity index (χ0n) is 49.5. The summed E-state index contributed by atoms with van der Waals surface area (Å²) >= 11 is 0.906. The van der Waals surface area contributed by atoms with E-state index in [4.69, 9.17) is 0 Å². The summed E-state index contributed by atoms with van der Waals surface area (Å²) in [5.41, 5.74) is 4.71. The maximum Gasteiger partial charge on any atom is 0.305 e. The molecule has 8 amide bonds. The quantitative estimate of drug-likeness (QED) is 0.0171. The highest BCUT2D eigenvalue weighted by atomic mass is 32.2. The molecule has 486 valence electrons. The normalized spacial score (nSPS) is 20.1. The standard InChI is InChI=1S/C58H84N10O19S/c1-32(2)24-43(73)57(86)61-36(19-20-47(76)77)53(82)63-38(27-48(78)79)55(84)65-51(41(71)18-10-11-21-59)64-52(42(72)26-35-16-8-5-9-17-35)66-54(83)37(25-34-14-6-4-7-15-34)62-56(85)39(60-33(3)70)31-88-45-28-46(75)68(58(45)87)23-13-12-22-67-29-44(74)50(81)49(80)40(67)30-69/h4-9,14-17,32,36-40,43-45,49-52,64,69,73-74,80-81H,10-13,18-31,59H2,1-3H3,(H,60,70)(H,61,86)(H,62,85)(H,63,82)(H,65,84)(H,66,83)(H,76,77)(H,78,79)/p+1/t36?,37?,38?,39?,40-,43?,44-,45?,49-,50-,51?,52?/m1/s1. The van der Waals surface area contributed by atoms with Crippen LogP contribution in [0.2, 0.25) is 0 Å². The number of aliphatic carboxylic acids is 2. The number of hydrogen-bond donors (Lipinski definition) is 15. The number of ketones is 2. The SMILES string of the molecule is CC(=O)NC(CSC1CC(=O)N(CCCCN2C[C@@H](O)[C@@H](O)[C@H](O)[C@H]2CO)C1=O)C(=O)NC(Cc1ccccc1)C(=O)NC(NC(NC(=O)C(CC(=O)O)NC(=O)C(CCC(=O)O)NC(=O)C(O)CC(C)C)C(=O)CCCC[NH3+])C(=O)Cc1ccccc1. The highest BCUT2D eigenvalue weighted by Crippen LogP contribution is 2.27. The first kappa shape index (κ1) is 73.2. The maximum absolute atomic E-state index is 14.8. The van der Waals surface area contributed by atoms with E-state index in [1.165, 1.54) is 0 Å². The predicted octanol–water partition coefficient (Wildman–Crippen LogP) is -4.40. The second kappa shape index (κ2) is 36.9. The third-order valence-electron chi connectivity index (χ3n) is 14.6. The van der Waals surface area contributed by atoms with Crippen molar-refractivity contribution in [2.75, 3.05) is 38.5 Å². The van der Waals surface area contributed by atoms with Crippen molar-refractivity contribution in [3.8, 4) is 0 Å². The number of carboxylic acid groups (broad SMARTS) is 2. The van der Waals surface area contributed by atoms with E-state index in [2.05, 4.69) is 43.0 Å². The first-order valence-electron chi connectivity index (χ1n) is 29.2. The number of carbonyl (C=O) groups is 12. The fourth-order valence-electron chi connectivity index (χ4n) is 9.83. The van der Waals surface area contributed by atoms with Crippen molar-refractivity contribution in [2.45, 2.75) is 170 Å². The number of aliphatic hydroxyl groups is 5. The van der Waals surface area contributed by atoms with Gasteiger partial charge in [-0.25, -0.2) is 0 Å². The molecule has 2 saturated heterocycles. The van der Waals surface area contributed by atoms with Crippen LogP contribution < -0.4 is 43.0 Å². The van der Waals surface area contributed by atoms with Gasteiger partial charge >= 0.3 is 11.9 Å². The Morgan fingerprint density at radius 1 is 0.659 bits per heavy atom. The summed E-state index contributed by atoms with van der Waals surface area (Å²) in [6.45, 7) is 4.69. The Balaban J connectivity index is 1.61. The van der Waals surface area contributed by atoms with E-state index in [1.54, 1.807) is 79.4 Å². The Labute approximate surface area is 513 Å². The Kier molecular flexibility index (Phi) is 30.7. The summed E-state index contributed by atoms with van der Waals surface area (Å²) in [5, 5.41) is 86.3. The van der Waals surface area contributed by atoms with Gasteiger partial charge in [-0.1, -0.05) is 74.5 Å². The molecule has 0 aliphatic carbocycles. The van der Waals surface area contributed by atoms with Crippen molar-refractivity contribution in [1.29, 1.82) is 0 Å². The Morgan fingerprint density at radius 3 is 1.82 bits per heavy atom. The van der Waals surface area contributed by atoms with Crippen molar-refractivity contribution in [3.63, 3.8) is 0 Å². The van der Waals surface area contributed by atoms with Crippen molar-refractivity contribution in [3.05, 3.63) is 71.8 Å². The summed E-state index contributed by atoms with van der Waals surface area (Å²) in [7, 11) is 0. The maximum atomic E-state index is 14.8. The third kappa shape index (κ3) is 24.0. The molecule has 0 spiro atoms. The zero-order chi connectivity index (χ0) is 65.2. The van der Waals surface area contributed by atoms with Crippen LogP contribution in [0, 0.1) is 5.92 Å². The minimum Gasteiger partial charge on any atom is -0.481 e. The number of aliphatic hydroxyl groups excluding tert-OH is 5. The molecule has 0 radical (unpaired) electrons. The summed E-state index contributed by atoms with van der Waals surface area (Å²) in [5.74, 6) is -12.3. The van der Waals surface area contributed by atoms with E-state index in [0.29, 0.717) is 36.9 Å². The van der Waals surface area contributed by atoms with Gasteiger partial charge in [0, 0.05) is 57.9 Å². The van der Waals surface area contributed by atoms with Crippen LogP contribution >= 0.6 is 11.8 Å². The summed E-state index contributed by atoms with van der Waals surface area (Å²) < 4.78 is 0. The lowest BCUT2D eigenvalue weighted by Gasteiger charge is -2.43. The minimum absolute atomic E-state index is 0.00280. The van der Waals surface area contributed by atoms with Gasteiger partial charge in [0.1, 0.15) is 54.8 Å². The smallest absolute Gasteiger partial charge is 0.305 e. The minimum atomic E-state index is -2.03. The Bertz CT molecular complexity index is 2710. The lowest BCUT2D eigenvalue weighted by atomic mass is 9.94. The molecule has 2 aliphatic heterocycles. The number of amides is 8. The lowest BCUT2D eigenvalue weighted by molar-refractivity contribution is -0.368. The highest BCUT2D eigenvalue weighted by Gasteiger charge is 2.43. The van der Waals surface area contributed by atoms with Gasteiger partial charge in [-0.3, -0.25) is 72.7 Å². The fourth-order valence-corrected chi connectivity index (χ4v) is 11.0. The molecule has 2 fully saturated rings. The van der Waals surface area contributed by atoms with E-state index < -0.39 is 175 Å². The van der Waals surface area contributed by atoms with Gasteiger partial charge in [0.05, 0.1) is 37.0 Å². The number of nitrogens with one attached hydrogen (secondary N) is 7. The fraction of sp³-hybridized carbons (Fsp3) is 0.586. The second-order valence-electron chi connectivity index (χ2n) is 22.2. The monoisotopic (exact) mass is 1260 g/mol. The van der Waals surface area contributed by atoms with Crippen molar-refractivity contribution in [2.24, 2.45) is 5.92 Å². The van der Waals surface area contributed by atoms with Crippen LogP contribution in [0.5, 0.6) is 0 Å². The molecule has 2 aromatic carbocycles. The van der Waals surface area contributed by atoms with Crippen LogP contribution in [-0.2, 0) is 70.4 Å². The number of unbranched alkanes of at least 4 members (excludes halogenated alkanes) is 2. The van der Waals surface area contributed by atoms with E-state index in [1.807, 2.05) is 0 Å². The Morgan fingerprint density at radius 2 is 1.23 bits per heavy atom. The van der Waals surface area contributed by atoms with Gasteiger partial charge in [0.25, 0.3) is 0 Å². The third-order valence-corrected chi connectivity index (χ3v) is 15.8. The summed E-state index contributed by atoms with van der Waals surface area (Å²) in [6.07, 6.45) is -11.8. The molecule has 29 nitrogen and oxygen atoms in total. The van der Waals surface area contributed by atoms with E-state index in [9.17, 15) is 93.3 Å². The number of hydrogen-bond acceptors (Lipinski definition) is 20. The van der Waals surface area contributed by atoms with Gasteiger partial charge in [-0.05, 0) is 62.1 Å². The van der Waals surface area contributed by atoms with Gasteiger partial charge in [-0.2, -0.15) is 0 Å². The molecular formula is C58H85N10O19S+. The van der Waals surface area contributed by atoms with Crippen LogP contribution in [0.15, 0.2) is 60.7 Å². The molecule has 2 heterocycles. The number of carboxylic acids is 2. The summed E-state index contributed by atoms with van der Waals surface area (Å²) in [4.78, 5) is 165. The van der Waals surface area contributed by atoms with Crippen LogP contribution in [0.3, 0.4) is 0 Å². The van der Waals surface area contributed by atoms with E-state index >= 15 is 0 Å². The number of rotatable bonds is 39. The number of quaternary nitrogens is 1. The molecular weight excluding hydrogens is 1170 g/mol. The average Bonchev–Trinajstić information content (AvgIpc) is 3.44. The summed E-state index contributed by atoms with van der Waals surface area (Å²) in [6, 6.07) is 8.85. The van der Waals surface area contributed by atoms with Crippen LogP contribution in [-0.4, -0.2) is 227 Å². The number of likely N-dealkylation sites (tertiary alicyclic amines) is 2. The van der Waals surface area contributed by atoms with Gasteiger partial charge in [0.15, 0.2) is 11.6 Å². The van der Waals surface area contributed by atoms with Crippen molar-refractivity contribution < 1.29 is 99.0 Å².